The highest BCUT2D eigenvalue weighted by atomic mass is 79.9. The molecule has 0 amide bonds. The maximum absolute atomic E-state index is 4.93. The Kier molecular flexibility index (Phi) is 7.40. The molecule has 0 aliphatic heterocycles. The number of hydrogen-bond donors (Lipinski definition) is 0. The normalized spacial score (nSPS) is 11.9. The lowest BCUT2D eigenvalue weighted by atomic mass is 10.1. The van der Waals surface area contributed by atoms with Gasteiger partial charge in [-0.2, -0.15) is 10.2 Å². The van der Waals surface area contributed by atoms with Crippen molar-refractivity contribution < 1.29 is 0 Å². The van der Waals surface area contributed by atoms with Gasteiger partial charge in [0, 0.05) is 32.9 Å². The lowest BCUT2D eigenvalue weighted by Gasteiger charge is -2.09. The van der Waals surface area contributed by atoms with E-state index in [1.54, 1.807) is 17.6 Å². The van der Waals surface area contributed by atoms with Crippen LogP contribution in [-0.2, 0) is 0 Å². The van der Waals surface area contributed by atoms with Crippen LogP contribution in [0.3, 0.4) is 0 Å². The summed E-state index contributed by atoms with van der Waals surface area (Å²) in [6.07, 6.45) is 3.80. The average molecular weight is 605 g/mol. The number of rotatable bonds is 6. The van der Waals surface area contributed by atoms with E-state index in [2.05, 4.69) is 135 Å². The van der Waals surface area contributed by atoms with Crippen molar-refractivity contribution in [2.75, 3.05) is 0 Å². The third-order valence-electron chi connectivity index (χ3n) is 6.57. The number of benzene rings is 4. The molecule has 4 aromatic carbocycles. The van der Waals surface area contributed by atoms with Crippen molar-refractivity contribution in [3.63, 3.8) is 0 Å². The number of aromatic nitrogens is 3. The van der Waals surface area contributed by atoms with E-state index in [-0.39, 0.29) is 0 Å². The van der Waals surface area contributed by atoms with Crippen molar-refractivity contribution in [3.8, 4) is 33.9 Å². The number of aryl methyl sites for hydroxylation is 2. The van der Waals surface area contributed by atoms with Gasteiger partial charge in [0.25, 0.3) is 0 Å². The highest BCUT2D eigenvalue weighted by Crippen LogP contribution is 2.26. The minimum Gasteiger partial charge on any atom is -0.284 e. The van der Waals surface area contributed by atoms with E-state index in [0.29, 0.717) is 0 Å². The summed E-state index contributed by atoms with van der Waals surface area (Å²) in [5.74, 6) is 0. The van der Waals surface area contributed by atoms with Crippen LogP contribution in [0.1, 0.15) is 16.7 Å². The Morgan fingerprint density at radius 1 is 0.750 bits per heavy atom. The van der Waals surface area contributed by atoms with Crippen molar-refractivity contribution in [1.82, 2.24) is 14.3 Å². The molecule has 0 atom stereocenters. The third-order valence-corrected chi connectivity index (χ3v) is 7.91. The van der Waals surface area contributed by atoms with Gasteiger partial charge in [-0.05, 0) is 55.8 Å². The summed E-state index contributed by atoms with van der Waals surface area (Å²) >= 11 is 5.10. The maximum Gasteiger partial charge on any atom is 0.215 e. The van der Waals surface area contributed by atoms with Gasteiger partial charge >= 0.3 is 0 Å². The quantitative estimate of drug-likeness (QED) is 0.139. The first-order chi connectivity index (χ1) is 19.5. The Morgan fingerprint density at radius 2 is 1.40 bits per heavy atom. The first kappa shape index (κ1) is 25.9. The lowest BCUT2D eigenvalue weighted by molar-refractivity contribution is 0.883. The molecule has 0 spiro atoms. The van der Waals surface area contributed by atoms with Gasteiger partial charge in [0.15, 0.2) is 0 Å². The number of halogens is 1. The second-order valence-corrected chi connectivity index (χ2v) is 11.3. The number of thiazole rings is 1. The molecule has 2 heterocycles. The molecule has 0 radical (unpaired) electrons. The van der Waals surface area contributed by atoms with Crippen molar-refractivity contribution in [1.29, 1.82) is 0 Å². The van der Waals surface area contributed by atoms with E-state index in [1.165, 1.54) is 11.1 Å². The molecular formula is C33H26BrN5S. The largest absolute Gasteiger partial charge is 0.284 e. The van der Waals surface area contributed by atoms with Gasteiger partial charge in [0.2, 0.25) is 4.80 Å². The molecule has 5 nitrogen and oxygen atoms in total. The molecule has 0 N–H and O–H groups in total. The van der Waals surface area contributed by atoms with Gasteiger partial charge in [-0.1, -0.05) is 93.8 Å². The zero-order valence-electron chi connectivity index (χ0n) is 22.1. The molecule has 40 heavy (non-hydrogen) atoms. The Hall–Kier alpha value is -4.33. The Balaban J connectivity index is 1.44. The predicted octanol–water partition coefficient (Wildman–Crippen LogP) is 8.37. The van der Waals surface area contributed by atoms with Gasteiger partial charge in [0.05, 0.1) is 17.6 Å². The van der Waals surface area contributed by atoms with Gasteiger partial charge in [-0.3, -0.25) is 4.57 Å². The summed E-state index contributed by atoms with van der Waals surface area (Å²) in [7, 11) is 0. The molecule has 0 unspecified atom stereocenters. The fourth-order valence-electron chi connectivity index (χ4n) is 4.42. The molecule has 6 aromatic rings. The molecule has 0 bridgehead atoms. The van der Waals surface area contributed by atoms with E-state index in [9.17, 15) is 0 Å². The first-order valence-electron chi connectivity index (χ1n) is 12.9. The molecule has 6 rings (SSSR count). The van der Waals surface area contributed by atoms with Crippen LogP contribution in [0.4, 0.5) is 0 Å². The second-order valence-electron chi connectivity index (χ2n) is 9.51. The minimum atomic E-state index is 0.781. The van der Waals surface area contributed by atoms with Gasteiger partial charge in [-0.15, -0.1) is 16.4 Å². The van der Waals surface area contributed by atoms with E-state index < -0.39 is 0 Å². The Bertz CT molecular complexity index is 1840. The van der Waals surface area contributed by atoms with Gasteiger partial charge in [-0.25, -0.2) is 4.68 Å². The number of hydrogen-bond acceptors (Lipinski definition) is 4. The van der Waals surface area contributed by atoms with E-state index in [4.69, 9.17) is 5.10 Å². The molecule has 2 aromatic heterocycles. The molecule has 0 saturated heterocycles. The van der Waals surface area contributed by atoms with Crippen LogP contribution in [0.25, 0.3) is 33.9 Å². The number of nitrogens with zero attached hydrogens (tertiary/aromatic N) is 5. The van der Waals surface area contributed by atoms with Gasteiger partial charge < -0.3 is 0 Å². The molecule has 0 fully saturated rings. The van der Waals surface area contributed by atoms with Gasteiger partial charge in [0.1, 0.15) is 5.69 Å². The lowest BCUT2D eigenvalue weighted by Crippen LogP contribution is -2.13. The maximum atomic E-state index is 4.93. The zero-order valence-corrected chi connectivity index (χ0v) is 24.5. The summed E-state index contributed by atoms with van der Waals surface area (Å²) in [5.41, 5.74) is 9.39. The van der Waals surface area contributed by atoms with Crippen LogP contribution in [0.5, 0.6) is 0 Å². The number of para-hydroxylation sites is 1. The molecule has 7 heteroatoms. The zero-order chi connectivity index (χ0) is 27.5. The fourth-order valence-corrected chi connectivity index (χ4v) is 5.54. The Morgan fingerprint density at radius 3 is 2.10 bits per heavy atom. The summed E-state index contributed by atoms with van der Waals surface area (Å²) in [4.78, 5) is 0.781. The topological polar surface area (TPSA) is 47.5 Å². The average Bonchev–Trinajstić information content (AvgIpc) is 3.60. The smallest absolute Gasteiger partial charge is 0.215 e. The second kappa shape index (κ2) is 11.4. The van der Waals surface area contributed by atoms with Crippen LogP contribution in [0.15, 0.2) is 129 Å². The van der Waals surface area contributed by atoms with Crippen molar-refractivity contribution in [3.05, 3.63) is 141 Å². The van der Waals surface area contributed by atoms with Crippen LogP contribution in [-0.4, -0.2) is 20.6 Å². The fraction of sp³-hybridized carbons (Fsp3) is 0.0606. The van der Waals surface area contributed by atoms with Crippen molar-refractivity contribution in [2.24, 2.45) is 10.2 Å². The van der Waals surface area contributed by atoms with E-state index in [0.717, 1.165) is 48.7 Å². The molecule has 0 saturated carbocycles. The monoisotopic (exact) mass is 603 g/mol. The van der Waals surface area contributed by atoms with E-state index in [1.807, 2.05) is 29.1 Å². The first-order valence-corrected chi connectivity index (χ1v) is 14.6. The molecule has 0 aliphatic rings. The molecule has 196 valence electrons. The van der Waals surface area contributed by atoms with Crippen LogP contribution >= 0.6 is 27.3 Å². The highest BCUT2D eigenvalue weighted by Gasteiger charge is 2.12. The highest BCUT2D eigenvalue weighted by molar-refractivity contribution is 9.10. The summed E-state index contributed by atoms with van der Waals surface area (Å²) in [6, 6.07) is 35.3. The van der Waals surface area contributed by atoms with Crippen LogP contribution < -0.4 is 4.80 Å². The standard InChI is InChI=1S/C33H26BrN5S/c1-23-8-12-26(13-9-23)32-27(21-38(37-32)29-18-10-24(2)11-19-29)20-35-36-33-39(30-6-4-3-5-7-30)31(22-40-33)25-14-16-28(34)17-15-25/h3-22H,1-2H3/b35-20+,36-33+. The molecule has 0 aliphatic carbocycles. The van der Waals surface area contributed by atoms with Crippen molar-refractivity contribution >= 4 is 33.5 Å². The Labute approximate surface area is 245 Å². The SMILES string of the molecule is Cc1ccc(-c2nn(-c3ccc(C)cc3)cc2/C=N/N=c2/scc(-c3ccc(Br)cc3)n2-c2ccccc2)cc1. The summed E-state index contributed by atoms with van der Waals surface area (Å²) in [5, 5.41) is 16.3. The van der Waals surface area contributed by atoms with Crippen LogP contribution in [0, 0.1) is 13.8 Å². The van der Waals surface area contributed by atoms with Crippen LogP contribution in [0.2, 0.25) is 0 Å². The minimum absolute atomic E-state index is 0.781. The summed E-state index contributed by atoms with van der Waals surface area (Å²) < 4.78 is 5.08. The predicted molar refractivity (Wildman–Crippen MR) is 168 cm³/mol. The molecular weight excluding hydrogens is 578 g/mol. The van der Waals surface area contributed by atoms with Crippen molar-refractivity contribution in [2.45, 2.75) is 13.8 Å². The van der Waals surface area contributed by atoms with E-state index >= 15 is 0 Å². The third kappa shape index (κ3) is 5.52. The summed E-state index contributed by atoms with van der Waals surface area (Å²) in [6.45, 7) is 4.17.